The third kappa shape index (κ3) is 4.55. The van der Waals surface area contributed by atoms with Crippen molar-refractivity contribution in [2.24, 2.45) is 11.3 Å². The Morgan fingerprint density at radius 2 is 1.93 bits per heavy atom. The van der Waals surface area contributed by atoms with Crippen LogP contribution in [0.4, 0.5) is 0 Å². The van der Waals surface area contributed by atoms with Gasteiger partial charge in [-0.1, -0.05) is 40.5 Å². The third-order valence-electron chi connectivity index (χ3n) is 4.06. The van der Waals surface area contributed by atoms with Crippen molar-refractivity contribution in [1.29, 1.82) is 0 Å². The lowest BCUT2D eigenvalue weighted by molar-refractivity contribution is 0.215. The van der Waals surface area contributed by atoms with Crippen LogP contribution in [-0.2, 0) is 0 Å². The van der Waals surface area contributed by atoms with E-state index in [1.54, 1.807) is 0 Å². The lowest BCUT2D eigenvalue weighted by Crippen LogP contribution is -2.42. The molecule has 1 saturated carbocycles. The maximum Gasteiger partial charge on any atom is 0.0118 e. The summed E-state index contributed by atoms with van der Waals surface area (Å²) in [5.74, 6) is 1.07. The van der Waals surface area contributed by atoms with Crippen molar-refractivity contribution >= 4 is 0 Å². The molecule has 1 aliphatic rings. The van der Waals surface area contributed by atoms with E-state index in [1.807, 2.05) is 0 Å². The van der Waals surface area contributed by atoms with Gasteiger partial charge in [0.05, 0.1) is 0 Å². The van der Waals surface area contributed by atoms with E-state index in [-0.39, 0.29) is 0 Å². The van der Waals surface area contributed by atoms with Gasteiger partial charge >= 0.3 is 0 Å². The molecule has 1 fully saturated rings. The van der Waals surface area contributed by atoms with Crippen LogP contribution >= 0.6 is 0 Å². The smallest absolute Gasteiger partial charge is 0.0118 e. The highest BCUT2D eigenvalue weighted by Gasteiger charge is 2.29. The van der Waals surface area contributed by atoms with Crippen molar-refractivity contribution < 1.29 is 0 Å². The number of hydrogen-bond acceptors (Lipinski definition) is 1. The van der Waals surface area contributed by atoms with E-state index in [9.17, 15) is 0 Å². The minimum Gasteiger partial charge on any atom is -0.313 e. The van der Waals surface area contributed by atoms with Crippen LogP contribution in [0.2, 0.25) is 0 Å². The van der Waals surface area contributed by atoms with Crippen LogP contribution in [-0.4, -0.2) is 12.6 Å². The van der Waals surface area contributed by atoms with Crippen LogP contribution in [0.5, 0.6) is 0 Å². The Kier molecular flexibility index (Phi) is 5.11. The second-order valence-corrected chi connectivity index (χ2v) is 5.87. The Morgan fingerprint density at radius 1 is 1.27 bits per heavy atom. The molecule has 1 aliphatic carbocycles. The average molecular weight is 211 g/mol. The van der Waals surface area contributed by atoms with E-state index in [1.165, 1.54) is 45.1 Å². The van der Waals surface area contributed by atoms with Crippen LogP contribution < -0.4 is 5.32 Å². The van der Waals surface area contributed by atoms with Gasteiger partial charge in [0.15, 0.2) is 0 Å². The van der Waals surface area contributed by atoms with Gasteiger partial charge in [0.1, 0.15) is 0 Å². The maximum atomic E-state index is 3.74. The number of rotatable bonds is 8. The molecule has 0 radical (unpaired) electrons. The summed E-state index contributed by atoms with van der Waals surface area (Å²) in [5.41, 5.74) is 0.462. The highest BCUT2D eigenvalue weighted by molar-refractivity contribution is 4.85. The molecule has 1 unspecified atom stereocenters. The van der Waals surface area contributed by atoms with E-state index in [2.05, 4.69) is 33.0 Å². The predicted octanol–water partition coefficient (Wildman–Crippen LogP) is 3.98. The van der Waals surface area contributed by atoms with E-state index >= 15 is 0 Å². The molecule has 0 aromatic heterocycles. The highest BCUT2D eigenvalue weighted by atomic mass is 14.9. The predicted molar refractivity (Wildman–Crippen MR) is 68.1 cm³/mol. The summed E-state index contributed by atoms with van der Waals surface area (Å²) in [6, 6.07) is 0.725. The number of nitrogens with one attached hydrogen (secondary N) is 1. The summed E-state index contributed by atoms with van der Waals surface area (Å²) in [5, 5.41) is 3.74. The molecule has 90 valence electrons. The fourth-order valence-electron chi connectivity index (χ4n) is 2.14. The van der Waals surface area contributed by atoms with Gasteiger partial charge < -0.3 is 5.32 Å². The van der Waals surface area contributed by atoms with Gasteiger partial charge in [-0.3, -0.25) is 0 Å². The first-order valence-corrected chi connectivity index (χ1v) is 6.83. The molecule has 1 nitrogen and oxygen atoms in total. The summed E-state index contributed by atoms with van der Waals surface area (Å²) in [7, 11) is 0. The molecule has 1 N–H and O–H groups in total. The monoisotopic (exact) mass is 211 g/mol. The molecule has 0 aromatic rings. The van der Waals surface area contributed by atoms with Crippen molar-refractivity contribution in [3.8, 4) is 0 Å². The molecule has 0 saturated heterocycles. The first-order valence-electron chi connectivity index (χ1n) is 6.83. The highest BCUT2D eigenvalue weighted by Crippen LogP contribution is 2.36. The second kappa shape index (κ2) is 5.89. The first kappa shape index (κ1) is 13.0. The summed E-state index contributed by atoms with van der Waals surface area (Å²) in [4.78, 5) is 0. The molecule has 0 bridgehead atoms. The lowest BCUT2D eigenvalue weighted by atomic mass is 9.79. The van der Waals surface area contributed by atoms with Crippen molar-refractivity contribution in [1.82, 2.24) is 5.32 Å². The zero-order valence-corrected chi connectivity index (χ0v) is 11.1. The minimum atomic E-state index is 0.462. The topological polar surface area (TPSA) is 12.0 Å². The van der Waals surface area contributed by atoms with Crippen LogP contribution in [0.1, 0.15) is 66.2 Å². The Hall–Kier alpha value is -0.0400. The fourth-order valence-corrected chi connectivity index (χ4v) is 2.14. The molecule has 0 spiro atoms. The standard InChI is InChI=1S/C14H29N/c1-5-11-15-13(14(3,4)6-2)10-9-12-7-8-12/h12-13,15H,5-11H2,1-4H3. The summed E-state index contributed by atoms with van der Waals surface area (Å²) in [6.45, 7) is 10.6. The Morgan fingerprint density at radius 3 is 2.40 bits per heavy atom. The summed E-state index contributed by atoms with van der Waals surface area (Å²) < 4.78 is 0. The van der Waals surface area contributed by atoms with Gasteiger partial charge in [-0.15, -0.1) is 0 Å². The van der Waals surface area contributed by atoms with Crippen molar-refractivity contribution in [3.05, 3.63) is 0 Å². The van der Waals surface area contributed by atoms with Gasteiger partial charge in [0.2, 0.25) is 0 Å². The quantitative estimate of drug-likeness (QED) is 0.640. The summed E-state index contributed by atoms with van der Waals surface area (Å²) in [6.07, 6.45) is 8.34. The largest absolute Gasteiger partial charge is 0.313 e. The minimum absolute atomic E-state index is 0.462. The Balaban J connectivity index is 2.35. The SMILES string of the molecule is CCCNC(CCC1CC1)C(C)(C)CC. The molecule has 0 aromatic carbocycles. The Bertz CT molecular complexity index is 170. The average Bonchev–Trinajstić information content (AvgIpc) is 3.01. The van der Waals surface area contributed by atoms with Crippen LogP contribution in [0, 0.1) is 11.3 Å². The lowest BCUT2D eigenvalue weighted by Gasteiger charge is -2.34. The molecule has 0 amide bonds. The summed E-state index contributed by atoms with van der Waals surface area (Å²) >= 11 is 0. The van der Waals surface area contributed by atoms with Gasteiger partial charge in [0, 0.05) is 6.04 Å². The van der Waals surface area contributed by atoms with Crippen molar-refractivity contribution in [2.45, 2.75) is 72.3 Å². The molecular formula is C14H29N. The molecule has 0 heterocycles. The molecule has 15 heavy (non-hydrogen) atoms. The molecule has 1 heteroatoms. The van der Waals surface area contributed by atoms with Gasteiger partial charge in [-0.25, -0.2) is 0 Å². The zero-order valence-electron chi connectivity index (χ0n) is 11.1. The van der Waals surface area contributed by atoms with Crippen LogP contribution in [0.3, 0.4) is 0 Å². The molecule has 1 atom stereocenters. The van der Waals surface area contributed by atoms with Gasteiger partial charge in [-0.2, -0.15) is 0 Å². The van der Waals surface area contributed by atoms with Crippen molar-refractivity contribution in [3.63, 3.8) is 0 Å². The third-order valence-corrected chi connectivity index (χ3v) is 4.06. The molecule has 1 rings (SSSR count). The second-order valence-electron chi connectivity index (χ2n) is 5.87. The zero-order chi connectivity index (χ0) is 11.3. The Labute approximate surface area is 96.0 Å². The van der Waals surface area contributed by atoms with Crippen LogP contribution in [0.25, 0.3) is 0 Å². The van der Waals surface area contributed by atoms with Crippen LogP contribution in [0.15, 0.2) is 0 Å². The van der Waals surface area contributed by atoms with E-state index in [4.69, 9.17) is 0 Å². The maximum absolute atomic E-state index is 3.74. The fraction of sp³-hybridized carbons (Fsp3) is 1.00. The van der Waals surface area contributed by atoms with Gasteiger partial charge in [-0.05, 0) is 43.6 Å². The van der Waals surface area contributed by atoms with Gasteiger partial charge in [0.25, 0.3) is 0 Å². The molecule has 0 aliphatic heterocycles. The van der Waals surface area contributed by atoms with E-state index in [0.717, 1.165) is 12.0 Å². The van der Waals surface area contributed by atoms with E-state index in [0.29, 0.717) is 5.41 Å². The molecular weight excluding hydrogens is 182 g/mol. The first-order chi connectivity index (χ1) is 7.10. The van der Waals surface area contributed by atoms with E-state index < -0.39 is 0 Å². The normalized spacial score (nSPS) is 19.2. The van der Waals surface area contributed by atoms with Crippen molar-refractivity contribution in [2.75, 3.05) is 6.54 Å². The number of hydrogen-bond donors (Lipinski definition) is 1.